The second-order valence-corrected chi connectivity index (χ2v) is 5.59. The van der Waals surface area contributed by atoms with Crippen LogP contribution in [0.4, 0.5) is 0 Å². The number of aromatic nitrogens is 5. The standard InChI is InChI=1S/C17H16N6O/c1-12(22-11-20-14-5-2-3-6-15(14)22)17(24)19-9-13-10-21-23-8-4-7-18-16(13)23/h2-8,10-12H,9H2,1H3,(H,19,24)/t12-/m1/s1. The third kappa shape index (κ3) is 2.40. The summed E-state index contributed by atoms with van der Waals surface area (Å²) in [7, 11) is 0. The summed E-state index contributed by atoms with van der Waals surface area (Å²) in [6.07, 6.45) is 6.96. The van der Waals surface area contributed by atoms with Crippen LogP contribution >= 0.6 is 0 Å². The van der Waals surface area contributed by atoms with Crippen LogP contribution in [0.1, 0.15) is 18.5 Å². The molecular formula is C17H16N6O. The van der Waals surface area contributed by atoms with E-state index < -0.39 is 0 Å². The Kier molecular flexibility index (Phi) is 3.45. The average molecular weight is 320 g/mol. The van der Waals surface area contributed by atoms with Crippen LogP contribution in [0, 0.1) is 0 Å². The number of carbonyl (C=O) groups excluding carboxylic acids is 1. The van der Waals surface area contributed by atoms with Gasteiger partial charge in [0.1, 0.15) is 6.04 Å². The molecule has 0 radical (unpaired) electrons. The van der Waals surface area contributed by atoms with E-state index in [1.165, 1.54) is 0 Å². The van der Waals surface area contributed by atoms with E-state index in [4.69, 9.17) is 0 Å². The largest absolute Gasteiger partial charge is 0.350 e. The van der Waals surface area contributed by atoms with E-state index in [-0.39, 0.29) is 11.9 Å². The number of nitrogens with zero attached hydrogens (tertiary/aromatic N) is 5. The second kappa shape index (κ2) is 5.77. The summed E-state index contributed by atoms with van der Waals surface area (Å²) in [5.41, 5.74) is 3.45. The molecule has 4 aromatic rings. The fourth-order valence-corrected chi connectivity index (χ4v) is 2.74. The van der Waals surface area contributed by atoms with E-state index in [1.54, 1.807) is 23.2 Å². The maximum Gasteiger partial charge on any atom is 0.243 e. The molecule has 0 saturated carbocycles. The van der Waals surface area contributed by atoms with Crippen molar-refractivity contribution in [1.29, 1.82) is 0 Å². The SMILES string of the molecule is C[C@H](C(=O)NCc1cnn2cccnc12)n1cnc2ccccc21. The molecule has 0 aliphatic rings. The quantitative estimate of drug-likeness (QED) is 0.623. The molecule has 3 heterocycles. The first kappa shape index (κ1) is 14.4. The van der Waals surface area contributed by atoms with Crippen LogP contribution in [0.25, 0.3) is 16.7 Å². The minimum Gasteiger partial charge on any atom is -0.350 e. The van der Waals surface area contributed by atoms with E-state index in [1.807, 2.05) is 48.0 Å². The van der Waals surface area contributed by atoms with Gasteiger partial charge in [0, 0.05) is 24.5 Å². The summed E-state index contributed by atoms with van der Waals surface area (Å²) in [6, 6.07) is 9.22. The van der Waals surface area contributed by atoms with Crippen LogP contribution in [0.15, 0.2) is 55.2 Å². The van der Waals surface area contributed by atoms with Gasteiger partial charge in [-0.25, -0.2) is 14.5 Å². The lowest BCUT2D eigenvalue weighted by atomic mass is 10.2. The lowest BCUT2D eigenvalue weighted by molar-refractivity contribution is -0.123. The maximum atomic E-state index is 12.5. The molecule has 4 rings (SSSR count). The fraction of sp³-hybridized carbons (Fsp3) is 0.176. The molecule has 7 heteroatoms. The Balaban J connectivity index is 1.51. The van der Waals surface area contributed by atoms with Crippen molar-refractivity contribution in [2.45, 2.75) is 19.5 Å². The third-order valence-electron chi connectivity index (χ3n) is 4.08. The van der Waals surface area contributed by atoms with Gasteiger partial charge < -0.3 is 9.88 Å². The molecular weight excluding hydrogens is 304 g/mol. The molecule has 1 amide bonds. The summed E-state index contributed by atoms with van der Waals surface area (Å²) in [4.78, 5) is 21.1. The number of amides is 1. The van der Waals surface area contributed by atoms with E-state index in [9.17, 15) is 4.79 Å². The Morgan fingerprint density at radius 1 is 1.25 bits per heavy atom. The van der Waals surface area contributed by atoms with E-state index >= 15 is 0 Å². The summed E-state index contributed by atoms with van der Waals surface area (Å²) in [5.74, 6) is -0.0755. The first-order chi connectivity index (χ1) is 11.7. The summed E-state index contributed by atoms with van der Waals surface area (Å²) < 4.78 is 3.56. The van der Waals surface area contributed by atoms with E-state index in [0.717, 1.165) is 22.2 Å². The zero-order valence-electron chi connectivity index (χ0n) is 13.1. The molecule has 1 N–H and O–H groups in total. The first-order valence-electron chi connectivity index (χ1n) is 7.70. The van der Waals surface area contributed by atoms with Gasteiger partial charge in [-0.15, -0.1) is 0 Å². The minimum atomic E-state index is -0.354. The van der Waals surface area contributed by atoms with Gasteiger partial charge >= 0.3 is 0 Å². The molecule has 3 aromatic heterocycles. The Bertz CT molecular complexity index is 1020. The number of hydrogen-bond donors (Lipinski definition) is 1. The van der Waals surface area contributed by atoms with Gasteiger partial charge in [0.15, 0.2) is 5.65 Å². The van der Waals surface area contributed by atoms with Crippen LogP contribution in [0.5, 0.6) is 0 Å². The van der Waals surface area contributed by atoms with Crippen LogP contribution < -0.4 is 5.32 Å². The monoisotopic (exact) mass is 320 g/mol. The van der Waals surface area contributed by atoms with E-state index in [2.05, 4.69) is 20.4 Å². The lowest BCUT2D eigenvalue weighted by Gasteiger charge is -2.14. The second-order valence-electron chi connectivity index (χ2n) is 5.59. The number of imidazole rings is 1. The zero-order chi connectivity index (χ0) is 16.5. The minimum absolute atomic E-state index is 0.0755. The van der Waals surface area contributed by atoms with Gasteiger partial charge in [0.05, 0.1) is 23.6 Å². The molecule has 24 heavy (non-hydrogen) atoms. The van der Waals surface area contributed by atoms with Crippen LogP contribution in [0.2, 0.25) is 0 Å². The van der Waals surface area contributed by atoms with Crippen molar-refractivity contribution in [3.63, 3.8) is 0 Å². The Labute approximate surface area is 138 Å². The van der Waals surface area contributed by atoms with Crippen LogP contribution in [-0.2, 0) is 11.3 Å². The Morgan fingerprint density at radius 3 is 3.04 bits per heavy atom. The topological polar surface area (TPSA) is 77.1 Å². The first-order valence-corrected chi connectivity index (χ1v) is 7.70. The zero-order valence-corrected chi connectivity index (χ0v) is 13.1. The molecule has 0 aliphatic heterocycles. The predicted molar refractivity (Wildman–Crippen MR) is 89.3 cm³/mol. The highest BCUT2D eigenvalue weighted by Gasteiger charge is 2.17. The van der Waals surface area contributed by atoms with Crippen molar-refractivity contribution in [2.75, 3.05) is 0 Å². The van der Waals surface area contributed by atoms with Crippen molar-refractivity contribution in [3.05, 3.63) is 60.8 Å². The highest BCUT2D eigenvalue weighted by atomic mass is 16.2. The normalized spacial score (nSPS) is 12.5. The number of rotatable bonds is 4. The van der Waals surface area contributed by atoms with Gasteiger partial charge in [-0.2, -0.15) is 5.10 Å². The number of benzene rings is 1. The molecule has 0 bridgehead atoms. The van der Waals surface area contributed by atoms with Crippen LogP contribution in [0.3, 0.4) is 0 Å². The lowest BCUT2D eigenvalue weighted by Crippen LogP contribution is -2.30. The molecule has 0 unspecified atom stereocenters. The molecule has 1 atom stereocenters. The summed E-state index contributed by atoms with van der Waals surface area (Å²) in [6.45, 7) is 2.24. The van der Waals surface area contributed by atoms with Crippen molar-refractivity contribution < 1.29 is 4.79 Å². The summed E-state index contributed by atoms with van der Waals surface area (Å²) in [5, 5.41) is 7.17. The van der Waals surface area contributed by atoms with E-state index in [0.29, 0.717) is 6.54 Å². The smallest absolute Gasteiger partial charge is 0.243 e. The van der Waals surface area contributed by atoms with Crippen molar-refractivity contribution in [1.82, 2.24) is 29.5 Å². The third-order valence-corrected chi connectivity index (χ3v) is 4.08. The van der Waals surface area contributed by atoms with Gasteiger partial charge in [0.25, 0.3) is 0 Å². The summed E-state index contributed by atoms with van der Waals surface area (Å²) >= 11 is 0. The van der Waals surface area contributed by atoms with Gasteiger partial charge in [-0.3, -0.25) is 4.79 Å². The van der Waals surface area contributed by atoms with Crippen molar-refractivity contribution in [2.24, 2.45) is 0 Å². The average Bonchev–Trinajstić information content (AvgIpc) is 3.23. The molecule has 0 saturated heterocycles. The number of hydrogen-bond acceptors (Lipinski definition) is 4. The molecule has 7 nitrogen and oxygen atoms in total. The number of para-hydroxylation sites is 2. The maximum absolute atomic E-state index is 12.5. The highest BCUT2D eigenvalue weighted by Crippen LogP contribution is 2.17. The predicted octanol–water partition coefficient (Wildman–Crippen LogP) is 1.96. The fourth-order valence-electron chi connectivity index (χ4n) is 2.74. The number of carbonyl (C=O) groups is 1. The number of nitrogens with one attached hydrogen (secondary N) is 1. The molecule has 120 valence electrons. The van der Waals surface area contributed by atoms with Gasteiger partial charge in [-0.1, -0.05) is 12.1 Å². The van der Waals surface area contributed by atoms with Crippen molar-refractivity contribution in [3.8, 4) is 0 Å². The number of fused-ring (bicyclic) bond motifs is 2. The molecule has 1 aromatic carbocycles. The molecule has 0 fully saturated rings. The van der Waals surface area contributed by atoms with Gasteiger partial charge in [0.2, 0.25) is 5.91 Å². The Morgan fingerprint density at radius 2 is 2.12 bits per heavy atom. The molecule has 0 aliphatic carbocycles. The van der Waals surface area contributed by atoms with Crippen LogP contribution in [-0.4, -0.2) is 30.1 Å². The van der Waals surface area contributed by atoms with Gasteiger partial charge in [-0.05, 0) is 25.1 Å². The molecule has 0 spiro atoms. The van der Waals surface area contributed by atoms with Crippen molar-refractivity contribution >= 4 is 22.6 Å². The Hall–Kier alpha value is -3.22. The highest BCUT2D eigenvalue weighted by molar-refractivity contribution is 5.83.